The third kappa shape index (κ3) is 6.81. The summed E-state index contributed by atoms with van der Waals surface area (Å²) in [4.78, 5) is 2.19. The zero-order valence-electron chi connectivity index (χ0n) is 21.6. The monoisotopic (exact) mass is 522 g/mol. The molecule has 0 aliphatic heterocycles. The minimum atomic E-state index is -4.27. The third-order valence-electron chi connectivity index (χ3n) is 5.98. The number of thiazole rings is 1. The Balaban J connectivity index is 0.000000275. The van der Waals surface area contributed by atoms with E-state index in [0.717, 1.165) is 25.2 Å². The fourth-order valence-electron chi connectivity index (χ4n) is 4.03. The number of aryl methyl sites for hydroxylation is 2. The van der Waals surface area contributed by atoms with Crippen molar-refractivity contribution in [3.63, 3.8) is 0 Å². The number of fused-ring (bicyclic) bond motifs is 1. The van der Waals surface area contributed by atoms with Crippen LogP contribution in [0.3, 0.4) is 0 Å². The maximum Gasteiger partial charge on any atom is 0.265 e. The van der Waals surface area contributed by atoms with Crippen LogP contribution in [0.1, 0.15) is 43.8 Å². The molecule has 0 spiro atoms. The van der Waals surface area contributed by atoms with E-state index in [4.69, 9.17) is 0 Å². The van der Waals surface area contributed by atoms with Crippen molar-refractivity contribution in [3.8, 4) is 0 Å². The SMILES string of the molecule is CCN(CC)c1ccc(/C=C(\C)c2sc3ccccc3[n+]2CC)cc1.Cc1ccc(S(=O)(=O)[O-])cc1. The highest BCUT2D eigenvalue weighted by molar-refractivity contribution is 7.85. The largest absolute Gasteiger partial charge is 0.744 e. The zero-order valence-corrected chi connectivity index (χ0v) is 23.2. The van der Waals surface area contributed by atoms with Gasteiger partial charge in [0.15, 0.2) is 0 Å². The molecule has 0 unspecified atom stereocenters. The Bertz CT molecular complexity index is 1420. The van der Waals surface area contributed by atoms with Crippen LogP contribution in [0.4, 0.5) is 5.69 Å². The van der Waals surface area contributed by atoms with Gasteiger partial charge in [0.2, 0.25) is 5.52 Å². The summed E-state index contributed by atoms with van der Waals surface area (Å²) in [6.45, 7) is 13.7. The summed E-state index contributed by atoms with van der Waals surface area (Å²) in [6.07, 6.45) is 2.29. The standard InChI is InChI=1S/C22H27N2S.C7H8O3S/c1-5-23(6-2)19-14-12-18(13-15-19)16-17(4)22-24(7-3)20-10-8-9-11-21(20)25-22;1-6-2-4-7(5-3-6)11(8,9)10/h8-16H,5-7H2,1-4H3;2-5H,1H3,(H,8,9,10)/q+1;/p-1. The Labute approximate surface area is 219 Å². The average molecular weight is 523 g/mol. The van der Waals surface area contributed by atoms with E-state index in [1.54, 1.807) is 12.1 Å². The van der Waals surface area contributed by atoms with Gasteiger partial charge in [-0.05, 0) is 76.6 Å². The van der Waals surface area contributed by atoms with Crippen molar-refractivity contribution in [2.45, 2.75) is 46.1 Å². The van der Waals surface area contributed by atoms with Crippen molar-refractivity contribution in [3.05, 3.63) is 88.9 Å². The fourth-order valence-corrected chi connectivity index (χ4v) is 5.69. The average Bonchev–Trinajstić information content (AvgIpc) is 3.25. The Morgan fingerprint density at radius 1 is 0.944 bits per heavy atom. The molecule has 0 atom stereocenters. The highest BCUT2D eigenvalue weighted by Crippen LogP contribution is 2.27. The number of allylic oxidation sites excluding steroid dienone is 1. The first-order chi connectivity index (χ1) is 17.2. The lowest BCUT2D eigenvalue weighted by molar-refractivity contribution is -0.665. The highest BCUT2D eigenvalue weighted by atomic mass is 32.2. The summed E-state index contributed by atoms with van der Waals surface area (Å²) in [6, 6.07) is 23.3. The first kappa shape index (κ1) is 27.6. The van der Waals surface area contributed by atoms with Crippen molar-refractivity contribution in [2.24, 2.45) is 0 Å². The van der Waals surface area contributed by atoms with Crippen molar-refractivity contribution in [1.82, 2.24) is 0 Å². The molecule has 0 aliphatic rings. The molecule has 1 aromatic heterocycles. The van der Waals surface area contributed by atoms with Crippen LogP contribution in [0.15, 0.2) is 77.7 Å². The molecular formula is C29H34N2O3S2. The predicted octanol–water partition coefficient (Wildman–Crippen LogP) is 6.51. The molecule has 0 aliphatic carbocycles. The van der Waals surface area contributed by atoms with Gasteiger partial charge in [0.25, 0.3) is 5.01 Å². The van der Waals surface area contributed by atoms with Crippen LogP contribution in [0, 0.1) is 6.92 Å². The summed E-state index contributed by atoms with van der Waals surface area (Å²) < 4.78 is 34.9. The van der Waals surface area contributed by atoms with E-state index < -0.39 is 10.1 Å². The van der Waals surface area contributed by atoms with Crippen LogP contribution in [-0.2, 0) is 16.7 Å². The summed E-state index contributed by atoms with van der Waals surface area (Å²) in [7, 11) is -4.27. The first-order valence-electron chi connectivity index (χ1n) is 12.2. The normalized spacial score (nSPS) is 11.8. The van der Waals surface area contributed by atoms with E-state index in [0.29, 0.717) is 0 Å². The quantitative estimate of drug-likeness (QED) is 0.205. The molecule has 1 heterocycles. The molecule has 0 N–H and O–H groups in total. The van der Waals surface area contributed by atoms with Crippen LogP contribution in [0.25, 0.3) is 21.9 Å². The lowest BCUT2D eigenvalue weighted by Crippen LogP contribution is -2.34. The van der Waals surface area contributed by atoms with Gasteiger partial charge in [-0.25, -0.2) is 8.42 Å². The second-order valence-electron chi connectivity index (χ2n) is 8.48. The minimum absolute atomic E-state index is 0.178. The summed E-state index contributed by atoms with van der Waals surface area (Å²) >= 11 is 1.88. The molecule has 4 rings (SSSR count). The van der Waals surface area contributed by atoms with Gasteiger partial charge in [0, 0.05) is 30.4 Å². The molecule has 0 radical (unpaired) electrons. The van der Waals surface area contributed by atoms with Gasteiger partial charge in [-0.15, -0.1) is 0 Å². The first-order valence-corrected chi connectivity index (χ1v) is 14.4. The fraction of sp³-hybridized carbons (Fsp3) is 0.276. The van der Waals surface area contributed by atoms with E-state index in [1.807, 2.05) is 18.3 Å². The molecule has 5 nitrogen and oxygen atoms in total. The maximum atomic E-state index is 10.4. The third-order valence-corrected chi connectivity index (χ3v) is 8.13. The smallest absolute Gasteiger partial charge is 0.265 e. The summed E-state index contributed by atoms with van der Waals surface area (Å²) in [5, 5.41) is 1.34. The van der Waals surface area contributed by atoms with Crippen molar-refractivity contribution in [1.29, 1.82) is 0 Å². The topological polar surface area (TPSA) is 64.3 Å². The van der Waals surface area contributed by atoms with Crippen LogP contribution in [0.5, 0.6) is 0 Å². The van der Waals surface area contributed by atoms with Gasteiger partial charge < -0.3 is 9.45 Å². The highest BCUT2D eigenvalue weighted by Gasteiger charge is 2.19. The lowest BCUT2D eigenvalue weighted by Gasteiger charge is -2.20. The Hall–Kier alpha value is -3.00. The molecule has 0 saturated carbocycles. The van der Waals surface area contributed by atoms with Crippen molar-refractivity contribution in [2.75, 3.05) is 18.0 Å². The zero-order chi connectivity index (χ0) is 26.3. The van der Waals surface area contributed by atoms with Gasteiger partial charge in [-0.1, -0.05) is 53.3 Å². The maximum absolute atomic E-state index is 10.4. The summed E-state index contributed by atoms with van der Waals surface area (Å²) in [5.41, 5.74) is 6.13. The number of hydrogen-bond acceptors (Lipinski definition) is 5. The minimum Gasteiger partial charge on any atom is -0.744 e. The number of hydrogen-bond donors (Lipinski definition) is 0. The van der Waals surface area contributed by atoms with Gasteiger partial charge in [-0.2, -0.15) is 4.57 Å². The van der Waals surface area contributed by atoms with E-state index >= 15 is 0 Å². The molecule has 0 saturated heterocycles. The Morgan fingerprint density at radius 3 is 2.11 bits per heavy atom. The van der Waals surface area contributed by atoms with Gasteiger partial charge in [0.05, 0.1) is 4.90 Å². The number of aromatic nitrogens is 1. The van der Waals surface area contributed by atoms with E-state index in [9.17, 15) is 13.0 Å². The molecule has 7 heteroatoms. The van der Waals surface area contributed by atoms with Gasteiger partial charge >= 0.3 is 0 Å². The number of para-hydroxylation sites is 1. The molecule has 0 bridgehead atoms. The molecule has 36 heavy (non-hydrogen) atoms. The molecule has 3 aromatic carbocycles. The van der Waals surface area contributed by atoms with Crippen LogP contribution >= 0.6 is 11.3 Å². The van der Waals surface area contributed by atoms with Crippen molar-refractivity contribution >= 4 is 49.0 Å². The number of rotatable bonds is 7. The number of anilines is 1. The molecule has 190 valence electrons. The van der Waals surface area contributed by atoms with Gasteiger partial charge in [0.1, 0.15) is 21.4 Å². The molecular weight excluding hydrogens is 488 g/mol. The molecule has 4 aromatic rings. The van der Waals surface area contributed by atoms with E-state index in [2.05, 4.69) is 91.8 Å². The number of nitrogens with zero attached hydrogens (tertiary/aromatic N) is 2. The Morgan fingerprint density at radius 2 is 1.56 bits per heavy atom. The predicted molar refractivity (Wildman–Crippen MR) is 150 cm³/mol. The van der Waals surface area contributed by atoms with Crippen molar-refractivity contribution < 1.29 is 17.5 Å². The van der Waals surface area contributed by atoms with Crippen LogP contribution in [0.2, 0.25) is 0 Å². The second-order valence-corrected chi connectivity index (χ2v) is 10.9. The van der Waals surface area contributed by atoms with Crippen LogP contribution in [-0.4, -0.2) is 26.1 Å². The number of benzene rings is 3. The van der Waals surface area contributed by atoms with E-state index in [1.165, 1.54) is 44.2 Å². The molecule has 0 fully saturated rings. The lowest BCUT2D eigenvalue weighted by atomic mass is 10.1. The Kier molecular flexibility index (Phi) is 9.43. The van der Waals surface area contributed by atoms with E-state index in [-0.39, 0.29) is 4.90 Å². The second kappa shape index (κ2) is 12.3. The molecule has 0 amide bonds. The van der Waals surface area contributed by atoms with Crippen LogP contribution < -0.4 is 9.47 Å². The van der Waals surface area contributed by atoms with Gasteiger partial charge in [-0.3, -0.25) is 0 Å². The summed E-state index contributed by atoms with van der Waals surface area (Å²) in [5.74, 6) is 0.